The topological polar surface area (TPSA) is 35.5 Å². The van der Waals surface area contributed by atoms with Crippen LogP contribution in [-0.2, 0) is 6.54 Å². The molecule has 2 unspecified atom stereocenters. The zero-order valence-corrected chi connectivity index (χ0v) is 12.4. The third kappa shape index (κ3) is 3.49. The number of nitrogens with zero attached hydrogens (tertiary/aromatic N) is 1. The number of aliphatic hydroxyl groups is 1. The summed E-state index contributed by atoms with van der Waals surface area (Å²) in [6.07, 6.45) is 1.59. The minimum absolute atomic E-state index is 0.192. The number of benzene rings is 1. The van der Waals surface area contributed by atoms with E-state index in [9.17, 15) is 9.50 Å². The van der Waals surface area contributed by atoms with Gasteiger partial charge in [0.25, 0.3) is 0 Å². The van der Waals surface area contributed by atoms with E-state index in [2.05, 4.69) is 12.2 Å². The third-order valence-corrected chi connectivity index (χ3v) is 4.05. The highest BCUT2D eigenvalue weighted by molar-refractivity contribution is 5.55. The Hall–Kier alpha value is -1.13. The van der Waals surface area contributed by atoms with E-state index in [0.717, 1.165) is 31.5 Å². The quantitative estimate of drug-likeness (QED) is 0.814. The first kappa shape index (κ1) is 15.3. The molecule has 112 valence electrons. The van der Waals surface area contributed by atoms with Gasteiger partial charge < -0.3 is 15.3 Å². The zero-order valence-electron chi connectivity index (χ0n) is 12.4. The fourth-order valence-corrected chi connectivity index (χ4v) is 2.71. The molecule has 0 aromatic heterocycles. The van der Waals surface area contributed by atoms with E-state index in [1.54, 1.807) is 6.07 Å². The van der Waals surface area contributed by atoms with Gasteiger partial charge in [0.1, 0.15) is 5.82 Å². The van der Waals surface area contributed by atoms with E-state index < -0.39 is 0 Å². The fraction of sp³-hybridized carbons (Fsp3) is 0.625. The number of hydrogen-bond acceptors (Lipinski definition) is 3. The molecule has 2 atom stereocenters. The van der Waals surface area contributed by atoms with E-state index in [0.29, 0.717) is 24.7 Å². The van der Waals surface area contributed by atoms with Gasteiger partial charge in [-0.1, -0.05) is 26.0 Å². The lowest BCUT2D eigenvalue weighted by Crippen LogP contribution is -2.43. The molecule has 1 aromatic carbocycles. The summed E-state index contributed by atoms with van der Waals surface area (Å²) in [5.41, 5.74) is 1.63. The number of rotatable bonds is 5. The molecule has 1 aliphatic rings. The van der Waals surface area contributed by atoms with Gasteiger partial charge in [-0.2, -0.15) is 0 Å². The summed E-state index contributed by atoms with van der Waals surface area (Å²) in [4.78, 5) is 1.99. The molecule has 0 radical (unpaired) electrons. The van der Waals surface area contributed by atoms with Crippen LogP contribution < -0.4 is 10.2 Å². The van der Waals surface area contributed by atoms with E-state index >= 15 is 0 Å². The van der Waals surface area contributed by atoms with E-state index in [-0.39, 0.29) is 11.9 Å². The largest absolute Gasteiger partial charge is 0.391 e. The summed E-state index contributed by atoms with van der Waals surface area (Å²) < 4.78 is 14.2. The van der Waals surface area contributed by atoms with Crippen molar-refractivity contribution < 1.29 is 9.50 Å². The number of nitrogens with one attached hydrogen (secondary N) is 1. The second kappa shape index (κ2) is 7.04. The standard InChI is InChI=1S/C16H25FN2O/c1-3-8-18-10-13-5-4-6-14(17)16(13)19-9-7-12(2)15(20)11-19/h4-6,12,15,18,20H,3,7-11H2,1-2H3. The van der Waals surface area contributed by atoms with Crippen LogP contribution in [0.4, 0.5) is 10.1 Å². The summed E-state index contributed by atoms with van der Waals surface area (Å²) in [7, 11) is 0. The van der Waals surface area contributed by atoms with Gasteiger partial charge in [-0.3, -0.25) is 0 Å². The van der Waals surface area contributed by atoms with Crippen molar-refractivity contribution in [2.75, 3.05) is 24.5 Å². The van der Waals surface area contributed by atoms with Gasteiger partial charge in [-0.05, 0) is 36.9 Å². The predicted octanol–water partition coefficient (Wildman–Crippen LogP) is 2.53. The fourth-order valence-electron chi connectivity index (χ4n) is 2.71. The van der Waals surface area contributed by atoms with Gasteiger partial charge in [0.2, 0.25) is 0 Å². The number of anilines is 1. The Balaban J connectivity index is 2.16. The summed E-state index contributed by atoms with van der Waals surface area (Å²) in [5.74, 6) is 0.0993. The lowest BCUT2D eigenvalue weighted by molar-refractivity contribution is 0.102. The van der Waals surface area contributed by atoms with Crippen molar-refractivity contribution in [1.29, 1.82) is 0 Å². The summed E-state index contributed by atoms with van der Waals surface area (Å²) in [6, 6.07) is 5.22. The van der Waals surface area contributed by atoms with Crippen LogP contribution in [0, 0.1) is 11.7 Å². The van der Waals surface area contributed by atoms with E-state index in [4.69, 9.17) is 0 Å². The molecular formula is C16H25FN2O. The second-order valence-corrected chi connectivity index (χ2v) is 5.70. The Morgan fingerprint density at radius 2 is 2.25 bits per heavy atom. The molecule has 3 nitrogen and oxygen atoms in total. The molecule has 1 saturated heterocycles. The first-order valence-electron chi connectivity index (χ1n) is 7.54. The number of para-hydroxylation sites is 1. The van der Waals surface area contributed by atoms with Gasteiger partial charge in [0, 0.05) is 19.6 Å². The smallest absolute Gasteiger partial charge is 0.146 e. The number of halogens is 1. The van der Waals surface area contributed by atoms with Crippen LogP contribution in [0.25, 0.3) is 0 Å². The average molecular weight is 280 g/mol. The molecule has 1 fully saturated rings. The molecule has 2 N–H and O–H groups in total. The van der Waals surface area contributed by atoms with Crippen LogP contribution in [0.5, 0.6) is 0 Å². The Labute approximate surface area is 120 Å². The minimum Gasteiger partial charge on any atom is -0.391 e. The number of aliphatic hydroxyl groups excluding tert-OH is 1. The molecule has 0 bridgehead atoms. The molecule has 0 saturated carbocycles. The molecule has 4 heteroatoms. The highest BCUT2D eigenvalue weighted by Gasteiger charge is 2.27. The lowest BCUT2D eigenvalue weighted by Gasteiger charge is -2.37. The molecule has 0 spiro atoms. The van der Waals surface area contributed by atoms with Crippen LogP contribution in [0.15, 0.2) is 18.2 Å². The van der Waals surface area contributed by atoms with Crippen molar-refractivity contribution in [1.82, 2.24) is 5.32 Å². The van der Waals surface area contributed by atoms with E-state index in [1.807, 2.05) is 17.9 Å². The Bertz CT molecular complexity index is 438. The first-order valence-corrected chi connectivity index (χ1v) is 7.54. The van der Waals surface area contributed by atoms with Gasteiger partial charge in [0.15, 0.2) is 0 Å². The molecule has 20 heavy (non-hydrogen) atoms. The maximum atomic E-state index is 14.2. The maximum absolute atomic E-state index is 14.2. The normalized spacial score (nSPS) is 23.1. The number of β-amino-alcohol motifs (C(OH)–C–C–N with tert-alkyl or cyclic N) is 1. The first-order chi connectivity index (χ1) is 9.63. The van der Waals surface area contributed by atoms with Gasteiger partial charge in [-0.25, -0.2) is 4.39 Å². The SMILES string of the molecule is CCCNCc1cccc(F)c1N1CCC(C)C(O)C1. The van der Waals surface area contributed by atoms with E-state index in [1.165, 1.54) is 6.07 Å². The van der Waals surface area contributed by atoms with Crippen molar-refractivity contribution >= 4 is 5.69 Å². The Morgan fingerprint density at radius 1 is 1.45 bits per heavy atom. The van der Waals surface area contributed by atoms with Crippen LogP contribution in [0.2, 0.25) is 0 Å². The van der Waals surface area contributed by atoms with Crippen LogP contribution >= 0.6 is 0 Å². The third-order valence-electron chi connectivity index (χ3n) is 4.05. The highest BCUT2D eigenvalue weighted by Crippen LogP contribution is 2.29. The van der Waals surface area contributed by atoms with Crippen molar-refractivity contribution in [3.05, 3.63) is 29.6 Å². The monoisotopic (exact) mass is 280 g/mol. The molecule has 0 aliphatic carbocycles. The molecule has 0 amide bonds. The lowest BCUT2D eigenvalue weighted by atomic mass is 9.95. The Kier molecular flexibility index (Phi) is 5.38. The second-order valence-electron chi connectivity index (χ2n) is 5.70. The van der Waals surface area contributed by atoms with Crippen molar-refractivity contribution in [2.45, 2.75) is 39.3 Å². The average Bonchev–Trinajstić information content (AvgIpc) is 2.43. The minimum atomic E-state index is -0.375. The number of hydrogen-bond donors (Lipinski definition) is 2. The van der Waals surface area contributed by atoms with Crippen molar-refractivity contribution in [3.8, 4) is 0 Å². The van der Waals surface area contributed by atoms with Crippen molar-refractivity contribution in [2.24, 2.45) is 5.92 Å². The van der Waals surface area contributed by atoms with Crippen LogP contribution in [-0.4, -0.2) is 30.8 Å². The predicted molar refractivity (Wildman–Crippen MR) is 80.4 cm³/mol. The molecule has 1 aliphatic heterocycles. The molecule has 1 aromatic rings. The summed E-state index contributed by atoms with van der Waals surface area (Å²) in [5, 5.41) is 13.3. The Morgan fingerprint density at radius 3 is 2.95 bits per heavy atom. The van der Waals surface area contributed by atoms with Gasteiger partial charge in [-0.15, -0.1) is 0 Å². The summed E-state index contributed by atoms with van der Waals surface area (Å²) >= 11 is 0. The molecule has 2 rings (SSSR count). The number of piperidine rings is 1. The maximum Gasteiger partial charge on any atom is 0.146 e. The highest BCUT2D eigenvalue weighted by atomic mass is 19.1. The van der Waals surface area contributed by atoms with Crippen LogP contribution in [0.3, 0.4) is 0 Å². The molecule has 1 heterocycles. The molecular weight excluding hydrogens is 255 g/mol. The van der Waals surface area contributed by atoms with Gasteiger partial charge in [0.05, 0.1) is 11.8 Å². The van der Waals surface area contributed by atoms with Gasteiger partial charge >= 0.3 is 0 Å². The van der Waals surface area contributed by atoms with Crippen LogP contribution in [0.1, 0.15) is 32.3 Å². The summed E-state index contributed by atoms with van der Waals surface area (Å²) in [6.45, 7) is 7.08. The zero-order chi connectivity index (χ0) is 14.5. The van der Waals surface area contributed by atoms with Crippen molar-refractivity contribution in [3.63, 3.8) is 0 Å².